The highest BCUT2D eigenvalue weighted by Gasteiger charge is 2.25. The molecule has 0 aliphatic carbocycles. The summed E-state index contributed by atoms with van der Waals surface area (Å²) >= 11 is 5.99. The van der Waals surface area contributed by atoms with Crippen molar-refractivity contribution in [2.45, 2.75) is 45.2 Å². The molecule has 1 aliphatic rings. The summed E-state index contributed by atoms with van der Waals surface area (Å²) in [4.78, 5) is 0. The molecule has 1 aliphatic heterocycles. The van der Waals surface area contributed by atoms with Crippen LogP contribution in [0.4, 0.5) is 0 Å². The molecule has 2 heteroatoms. The van der Waals surface area contributed by atoms with Gasteiger partial charge in [0.25, 0.3) is 6.13 Å². The normalized spacial score (nSPS) is 25.8. The van der Waals surface area contributed by atoms with E-state index in [0.29, 0.717) is 6.13 Å². The molecule has 0 unspecified atom stereocenters. The Morgan fingerprint density at radius 1 is 1.60 bits per heavy atom. The third-order valence-corrected chi connectivity index (χ3v) is 2.84. The number of hydrogen-bond acceptors (Lipinski definition) is 0. The van der Waals surface area contributed by atoms with Crippen LogP contribution in [0.5, 0.6) is 0 Å². The molecule has 0 spiro atoms. The van der Waals surface area contributed by atoms with E-state index in [9.17, 15) is 0 Å². The molecule has 10 heavy (non-hydrogen) atoms. The van der Waals surface area contributed by atoms with Crippen molar-refractivity contribution >= 4 is 17.6 Å². The minimum atomic E-state index is 0.502. The minimum Gasteiger partial charge on any atom is -0.196 e. The Bertz CT molecular complexity index is 95.3. The predicted octanol–water partition coefficient (Wildman–Crippen LogP) is 3.43. The predicted molar refractivity (Wildman–Crippen MR) is 48.9 cm³/mol. The Kier molecular flexibility index (Phi) is 3.62. The smallest absolute Gasteiger partial charge is 0.196 e. The summed E-state index contributed by atoms with van der Waals surface area (Å²) in [5.41, 5.74) is 0. The lowest BCUT2D eigenvalue weighted by molar-refractivity contribution is 0.511. The summed E-state index contributed by atoms with van der Waals surface area (Å²) in [6.45, 7) is 2.26. The summed E-state index contributed by atoms with van der Waals surface area (Å²) in [7, 11) is 0. The standard InChI is InChI=1S/C8H16BCl/c1-2-3-4-8-5-6-9(10)7-8/h8H,2-7H2,1H3/t8-/m1/s1. The Labute approximate surface area is 69.3 Å². The van der Waals surface area contributed by atoms with Gasteiger partial charge in [0.15, 0.2) is 0 Å². The van der Waals surface area contributed by atoms with Crippen molar-refractivity contribution < 1.29 is 0 Å². The molecule has 0 aromatic carbocycles. The molecule has 0 nitrogen and oxygen atoms in total. The second-order valence-electron chi connectivity index (χ2n) is 3.42. The molecule has 0 saturated carbocycles. The molecule has 1 atom stereocenters. The first-order valence-electron chi connectivity index (χ1n) is 4.47. The van der Waals surface area contributed by atoms with E-state index in [1.54, 1.807) is 0 Å². The van der Waals surface area contributed by atoms with E-state index in [-0.39, 0.29) is 0 Å². The van der Waals surface area contributed by atoms with Crippen LogP contribution in [-0.2, 0) is 0 Å². The van der Waals surface area contributed by atoms with E-state index in [1.807, 2.05) is 0 Å². The van der Waals surface area contributed by atoms with Gasteiger partial charge in [-0.2, -0.15) is 11.5 Å². The fraction of sp³-hybridized carbons (Fsp3) is 1.00. The molecule has 0 radical (unpaired) electrons. The van der Waals surface area contributed by atoms with Crippen molar-refractivity contribution in [3.63, 3.8) is 0 Å². The fourth-order valence-electron chi connectivity index (χ4n) is 1.77. The lowest BCUT2D eigenvalue weighted by Crippen LogP contribution is -1.96. The number of hydrogen-bond donors (Lipinski definition) is 0. The van der Waals surface area contributed by atoms with Crippen LogP contribution in [-0.4, -0.2) is 6.13 Å². The van der Waals surface area contributed by atoms with Crippen LogP contribution in [0.25, 0.3) is 0 Å². The van der Waals surface area contributed by atoms with Crippen LogP contribution in [0.3, 0.4) is 0 Å². The quantitative estimate of drug-likeness (QED) is 0.552. The van der Waals surface area contributed by atoms with Crippen molar-refractivity contribution in [3.8, 4) is 0 Å². The molecule has 1 saturated heterocycles. The van der Waals surface area contributed by atoms with Crippen molar-refractivity contribution in [1.82, 2.24) is 0 Å². The molecule has 1 rings (SSSR count). The van der Waals surface area contributed by atoms with E-state index in [1.165, 1.54) is 38.3 Å². The lowest BCUT2D eigenvalue weighted by Gasteiger charge is -2.06. The monoisotopic (exact) mass is 158 g/mol. The summed E-state index contributed by atoms with van der Waals surface area (Å²) in [5.74, 6) is 0.961. The Balaban J connectivity index is 2.06. The van der Waals surface area contributed by atoms with Gasteiger partial charge in [-0.15, -0.1) is 0 Å². The van der Waals surface area contributed by atoms with Crippen molar-refractivity contribution in [2.24, 2.45) is 5.92 Å². The Morgan fingerprint density at radius 2 is 2.40 bits per heavy atom. The van der Waals surface area contributed by atoms with Crippen molar-refractivity contribution in [2.75, 3.05) is 0 Å². The summed E-state index contributed by atoms with van der Waals surface area (Å²) < 4.78 is 0. The average molecular weight is 158 g/mol. The molecule has 0 aromatic rings. The third kappa shape index (κ3) is 2.53. The van der Waals surface area contributed by atoms with Gasteiger partial charge in [-0.05, 0) is 5.92 Å². The first kappa shape index (κ1) is 8.45. The van der Waals surface area contributed by atoms with E-state index >= 15 is 0 Å². The Morgan fingerprint density at radius 3 is 2.90 bits per heavy atom. The summed E-state index contributed by atoms with van der Waals surface area (Å²) in [6.07, 6.45) is 8.57. The highest BCUT2D eigenvalue weighted by atomic mass is 35.5. The third-order valence-electron chi connectivity index (χ3n) is 2.44. The van der Waals surface area contributed by atoms with Gasteiger partial charge >= 0.3 is 0 Å². The molecule has 0 bridgehead atoms. The first-order valence-corrected chi connectivity index (χ1v) is 4.90. The average Bonchev–Trinajstić information content (AvgIpc) is 2.31. The minimum absolute atomic E-state index is 0.502. The second-order valence-corrected chi connectivity index (χ2v) is 4.04. The van der Waals surface area contributed by atoms with Crippen molar-refractivity contribution in [1.29, 1.82) is 0 Å². The summed E-state index contributed by atoms with van der Waals surface area (Å²) in [5, 5.41) is 0. The van der Waals surface area contributed by atoms with Gasteiger partial charge in [-0.3, -0.25) is 0 Å². The maximum atomic E-state index is 5.99. The van der Waals surface area contributed by atoms with Crippen LogP contribution in [0.15, 0.2) is 0 Å². The highest BCUT2D eigenvalue weighted by Crippen LogP contribution is 2.31. The van der Waals surface area contributed by atoms with E-state index < -0.39 is 0 Å². The van der Waals surface area contributed by atoms with Gasteiger partial charge in [0.2, 0.25) is 0 Å². The first-order chi connectivity index (χ1) is 4.83. The highest BCUT2D eigenvalue weighted by molar-refractivity contribution is 7.07. The zero-order valence-corrected chi connectivity index (χ0v) is 7.53. The lowest BCUT2D eigenvalue weighted by atomic mass is 9.73. The fourth-order valence-corrected chi connectivity index (χ4v) is 2.15. The molecule has 0 amide bonds. The van der Waals surface area contributed by atoms with Gasteiger partial charge in [0, 0.05) is 0 Å². The maximum Gasteiger partial charge on any atom is 0.250 e. The van der Waals surface area contributed by atoms with E-state index in [0.717, 1.165) is 5.92 Å². The van der Waals surface area contributed by atoms with Gasteiger partial charge in [-0.25, -0.2) is 0 Å². The molecule has 0 aromatic heterocycles. The van der Waals surface area contributed by atoms with Crippen molar-refractivity contribution in [3.05, 3.63) is 0 Å². The maximum absolute atomic E-state index is 5.99. The molecule has 0 N–H and O–H groups in total. The molecular weight excluding hydrogens is 142 g/mol. The van der Waals surface area contributed by atoms with Crippen LogP contribution >= 0.6 is 11.5 Å². The van der Waals surface area contributed by atoms with Crippen LogP contribution in [0, 0.1) is 5.92 Å². The number of halogens is 1. The van der Waals surface area contributed by atoms with Gasteiger partial charge in [0.1, 0.15) is 0 Å². The summed E-state index contributed by atoms with van der Waals surface area (Å²) in [6, 6.07) is 0. The van der Waals surface area contributed by atoms with Crippen LogP contribution < -0.4 is 0 Å². The molecule has 1 heterocycles. The molecule has 58 valence electrons. The largest absolute Gasteiger partial charge is 0.250 e. The van der Waals surface area contributed by atoms with Gasteiger partial charge in [-0.1, -0.05) is 45.2 Å². The van der Waals surface area contributed by atoms with Crippen LogP contribution in [0.1, 0.15) is 32.6 Å². The van der Waals surface area contributed by atoms with Gasteiger partial charge < -0.3 is 0 Å². The van der Waals surface area contributed by atoms with Crippen LogP contribution in [0.2, 0.25) is 12.6 Å². The SMILES string of the molecule is CCCC[C@@H]1CCB(Cl)C1. The van der Waals surface area contributed by atoms with Gasteiger partial charge in [0.05, 0.1) is 0 Å². The number of rotatable bonds is 3. The zero-order chi connectivity index (χ0) is 7.40. The molecule has 1 fully saturated rings. The Hall–Kier alpha value is 0.355. The van der Waals surface area contributed by atoms with E-state index in [4.69, 9.17) is 11.5 Å². The second kappa shape index (κ2) is 4.28. The number of unbranched alkanes of at least 4 members (excludes halogenated alkanes) is 1. The molecular formula is C8H16BCl. The zero-order valence-electron chi connectivity index (χ0n) is 6.78. The topological polar surface area (TPSA) is 0 Å². The van der Waals surface area contributed by atoms with E-state index in [2.05, 4.69) is 6.92 Å².